The first-order valence-electron chi connectivity index (χ1n) is 3.58. The molecule has 3 nitrogen and oxygen atoms in total. The summed E-state index contributed by atoms with van der Waals surface area (Å²) in [7, 11) is 1.79. The van der Waals surface area contributed by atoms with E-state index in [1.54, 1.807) is 11.7 Å². The molecule has 0 saturated carbocycles. The van der Waals surface area contributed by atoms with Gasteiger partial charge in [-0.3, -0.25) is 0 Å². The molecule has 0 amide bonds. The van der Waals surface area contributed by atoms with Gasteiger partial charge in [0.05, 0.1) is 5.52 Å². The second-order valence-electron chi connectivity index (χ2n) is 2.54. The van der Waals surface area contributed by atoms with Gasteiger partial charge in [-0.25, -0.2) is 4.68 Å². The van der Waals surface area contributed by atoms with Crippen LogP contribution in [0.2, 0.25) is 0 Å². The van der Waals surface area contributed by atoms with Gasteiger partial charge in [0.25, 0.3) is 0 Å². The number of benzene rings is 1. The highest BCUT2D eigenvalue weighted by Crippen LogP contribution is 2.09. The van der Waals surface area contributed by atoms with Crippen LogP contribution in [0, 0.1) is 4.64 Å². The summed E-state index contributed by atoms with van der Waals surface area (Å²) < 4.78 is 2.32. The number of aromatic nitrogens is 3. The van der Waals surface area contributed by atoms with Crippen molar-refractivity contribution in [3.05, 3.63) is 28.9 Å². The minimum absolute atomic E-state index is 0.723. The van der Waals surface area contributed by atoms with Crippen molar-refractivity contribution in [1.29, 1.82) is 0 Å². The number of nitrogens with zero attached hydrogens (tertiary/aromatic N) is 3. The maximum absolute atomic E-state index is 5.16. The number of fused-ring (bicyclic) bond motifs is 1. The first-order valence-corrected chi connectivity index (χ1v) is 3.98. The molecular weight excluding hydrogens is 170 g/mol. The predicted molar refractivity (Wildman–Crippen MR) is 49.3 cm³/mol. The second-order valence-corrected chi connectivity index (χ2v) is 2.92. The molecule has 0 atom stereocenters. The minimum atomic E-state index is 0.723. The summed E-state index contributed by atoms with van der Waals surface area (Å²) in [6, 6.07) is 7.72. The van der Waals surface area contributed by atoms with Gasteiger partial charge in [-0.2, -0.15) is 0 Å². The summed E-state index contributed by atoms with van der Waals surface area (Å²) in [5.74, 6) is 0. The molecule has 0 unspecified atom stereocenters. The fraction of sp³-hybridized carbons (Fsp3) is 0.125. The van der Waals surface area contributed by atoms with Crippen LogP contribution in [0.4, 0.5) is 0 Å². The molecule has 2 aromatic rings. The van der Waals surface area contributed by atoms with Crippen LogP contribution in [-0.4, -0.2) is 15.0 Å². The Bertz CT molecular complexity index is 475. The van der Waals surface area contributed by atoms with E-state index in [1.807, 2.05) is 24.3 Å². The summed E-state index contributed by atoms with van der Waals surface area (Å²) in [5.41, 5.74) is 0.848. The largest absolute Gasteiger partial charge is 0.238 e. The maximum Gasteiger partial charge on any atom is 0.133 e. The molecule has 0 aliphatic heterocycles. The van der Waals surface area contributed by atoms with Crippen molar-refractivity contribution in [1.82, 2.24) is 15.0 Å². The van der Waals surface area contributed by atoms with Gasteiger partial charge < -0.3 is 0 Å². The van der Waals surface area contributed by atoms with E-state index < -0.39 is 0 Å². The van der Waals surface area contributed by atoms with E-state index in [9.17, 15) is 0 Å². The van der Waals surface area contributed by atoms with E-state index in [0.717, 1.165) is 15.5 Å². The van der Waals surface area contributed by atoms with Crippen LogP contribution >= 0.6 is 12.2 Å². The molecule has 1 heterocycles. The van der Waals surface area contributed by atoms with Crippen LogP contribution in [0.15, 0.2) is 24.3 Å². The zero-order valence-corrected chi connectivity index (χ0v) is 7.38. The molecule has 0 aliphatic rings. The van der Waals surface area contributed by atoms with Gasteiger partial charge in [0, 0.05) is 12.4 Å². The topological polar surface area (TPSA) is 30.7 Å². The Morgan fingerprint density at radius 1 is 1.33 bits per heavy atom. The van der Waals surface area contributed by atoms with Crippen LogP contribution < -0.4 is 0 Å². The van der Waals surface area contributed by atoms with E-state index in [2.05, 4.69) is 10.3 Å². The van der Waals surface area contributed by atoms with E-state index in [4.69, 9.17) is 12.2 Å². The molecule has 0 fully saturated rings. The van der Waals surface area contributed by atoms with Crippen molar-refractivity contribution in [3.8, 4) is 0 Å². The molecule has 60 valence electrons. The Balaban J connectivity index is 3.01. The lowest BCUT2D eigenvalue weighted by Crippen LogP contribution is -2.01. The average molecular weight is 177 g/mol. The molecule has 2 rings (SSSR count). The van der Waals surface area contributed by atoms with Crippen LogP contribution in [0.25, 0.3) is 10.9 Å². The van der Waals surface area contributed by atoms with Crippen molar-refractivity contribution in [2.75, 3.05) is 0 Å². The molecule has 0 spiro atoms. The molecule has 1 aromatic carbocycles. The van der Waals surface area contributed by atoms with Gasteiger partial charge in [-0.1, -0.05) is 29.6 Å². The van der Waals surface area contributed by atoms with Crippen molar-refractivity contribution in [3.63, 3.8) is 0 Å². The monoisotopic (exact) mass is 177 g/mol. The molecule has 0 N–H and O–H groups in total. The van der Waals surface area contributed by atoms with Gasteiger partial charge in [0.15, 0.2) is 0 Å². The third kappa shape index (κ3) is 1.00. The normalized spacial score (nSPS) is 10.4. The lowest BCUT2D eigenvalue weighted by molar-refractivity contribution is 0.671. The number of hydrogen-bond acceptors (Lipinski definition) is 3. The molecular formula is C8H7N3S. The smallest absolute Gasteiger partial charge is 0.133 e. The Morgan fingerprint density at radius 3 is 2.92 bits per heavy atom. The Labute approximate surface area is 74.6 Å². The Morgan fingerprint density at radius 2 is 2.08 bits per heavy atom. The molecule has 0 radical (unpaired) electrons. The predicted octanol–water partition coefficient (Wildman–Crippen LogP) is 1.70. The fourth-order valence-corrected chi connectivity index (χ4v) is 1.28. The lowest BCUT2D eigenvalue weighted by Gasteiger charge is -1.98. The van der Waals surface area contributed by atoms with Gasteiger partial charge in [0.1, 0.15) is 4.64 Å². The highest BCUT2D eigenvalue weighted by Gasteiger charge is 1.96. The zero-order chi connectivity index (χ0) is 8.55. The second kappa shape index (κ2) is 2.64. The Kier molecular flexibility index (Phi) is 1.62. The zero-order valence-electron chi connectivity index (χ0n) is 6.56. The van der Waals surface area contributed by atoms with Crippen molar-refractivity contribution in [2.45, 2.75) is 0 Å². The fourth-order valence-electron chi connectivity index (χ4n) is 1.07. The third-order valence-electron chi connectivity index (χ3n) is 1.71. The number of rotatable bonds is 0. The van der Waals surface area contributed by atoms with E-state index in [1.165, 1.54) is 0 Å². The molecule has 0 aliphatic carbocycles. The van der Waals surface area contributed by atoms with Crippen LogP contribution in [-0.2, 0) is 7.05 Å². The number of aryl methyl sites for hydroxylation is 1. The first-order chi connectivity index (χ1) is 5.79. The summed E-state index contributed by atoms with van der Waals surface area (Å²) in [6.45, 7) is 0. The molecule has 0 saturated heterocycles. The molecule has 1 aromatic heterocycles. The van der Waals surface area contributed by atoms with Crippen molar-refractivity contribution < 1.29 is 0 Å². The number of hydrogen-bond donors (Lipinski definition) is 0. The summed E-state index contributed by atoms with van der Waals surface area (Å²) in [6.07, 6.45) is 0. The highest BCUT2D eigenvalue weighted by molar-refractivity contribution is 7.71. The van der Waals surface area contributed by atoms with Gasteiger partial charge >= 0.3 is 0 Å². The van der Waals surface area contributed by atoms with Crippen molar-refractivity contribution in [2.24, 2.45) is 7.05 Å². The Hall–Kier alpha value is -1.29. The van der Waals surface area contributed by atoms with Crippen LogP contribution in [0.1, 0.15) is 0 Å². The van der Waals surface area contributed by atoms with E-state index in [0.29, 0.717) is 0 Å². The van der Waals surface area contributed by atoms with Gasteiger partial charge in [-0.15, -0.1) is 5.10 Å². The molecule has 12 heavy (non-hydrogen) atoms. The quantitative estimate of drug-likeness (QED) is 0.574. The minimum Gasteiger partial charge on any atom is -0.238 e. The maximum atomic E-state index is 5.16. The van der Waals surface area contributed by atoms with Crippen molar-refractivity contribution >= 4 is 23.1 Å². The molecule has 4 heteroatoms. The summed E-state index contributed by atoms with van der Waals surface area (Å²) in [4.78, 5) is 0. The third-order valence-corrected chi connectivity index (χ3v) is 2.20. The van der Waals surface area contributed by atoms with Gasteiger partial charge in [-0.05, 0) is 12.1 Å². The highest BCUT2D eigenvalue weighted by atomic mass is 32.1. The first kappa shape index (κ1) is 7.36. The van der Waals surface area contributed by atoms with Crippen LogP contribution in [0.3, 0.4) is 0 Å². The van der Waals surface area contributed by atoms with E-state index in [-0.39, 0.29) is 0 Å². The SMILES string of the molecule is Cn1nnc2ccccc2c1=S. The summed E-state index contributed by atoms with van der Waals surface area (Å²) >= 11 is 5.16. The van der Waals surface area contributed by atoms with E-state index >= 15 is 0 Å². The van der Waals surface area contributed by atoms with Crippen LogP contribution in [0.5, 0.6) is 0 Å². The average Bonchev–Trinajstić information content (AvgIpc) is 2.12. The van der Waals surface area contributed by atoms with Gasteiger partial charge in [0.2, 0.25) is 0 Å². The summed E-state index contributed by atoms with van der Waals surface area (Å²) in [5, 5.41) is 8.83. The lowest BCUT2D eigenvalue weighted by atomic mass is 10.2. The molecule has 0 bridgehead atoms. The standard InChI is InChI=1S/C8H7N3S/c1-11-8(12)6-4-2-3-5-7(6)9-10-11/h2-5H,1H3.